The molecule has 2 N–H and O–H groups in total. The molecule has 0 amide bonds. The molecule has 1 heterocycles. The summed E-state index contributed by atoms with van der Waals surface area (Å²) < 4.78 is 15.9. The number of esters is 1. The second-order valence-corrected chi connectivity index (χ2v) is 6.17. The minimum atomic E-state index is -0.227. The minimum absolute atomic E-state index is 0.113. The van der Waals surface area contributed by atoms with Crippen LogP contribution in [0, 0.1) is 0 Å². The van der Waals surface area contributed by atoms with E-state index < -0.39 is 0 Å². The van der Waals surface area contributed by atoms with Crippen LogP contribution in [-0.4, -0.2) is 19.4 Å². The van der Waals surface area contributed by atoms with Crippen molar-refractivity contribution in [3.05, 3.63) is 58.6 Å². The SMILES string of the molecule is CCOC(=O)C[C@H]([NH2+]Cc1ccc2c(c1)OCO2)c1ccccc1Cl. The number of hydrogen-bond acceptors (Lipinski definition) is 4. The molecule has 6 heteroatoms. The van der Waals surface area contributed by atoms with Gasteiger partial charge in [-0.25, -0.2) is 0 Å². The van der Waals surface area contributed by atoms with Crippen LogP contribution in [-0.2, 0) is 16.1 Å². The highest BCUT2D eigenvalue weighted by Gasteiger charge is 2.23. The molecule has 0 fully saturated rings. The van der Waals surface area contributed by atoms with E-state index in [1.54, 1.807) is 6.92 Å². The van der Waals surface area contributed by atoms with Crippen LogP contribution in [0.5, 0.6) is 11.5 Å². The van der Waals surface area contributed by atoms with Crippen LogP contribution in [0.25, 0.3) is 0 Å². The maximum atomic E-state index is 12.0. The molecule has 1 aliphatic rings. The molecule has 0 saturated carbocycles. The van der Waals surface area contributed by atoms with E-state index in [0.717, 1.165) is 22.6 Å². The number of carbonyl (C=O) groups is 1. The zero-order chi connectivity index (χ0) is 17.6. The molecule has 1 aliphatic heterocycles. The van der Waals surface area contributed by atoms with Crippen molar-refractivity contribution in [3.8, 4) is 11.5 Å². The number of hydrogen-bond donors (Lipinski definition) is 1. The summed E-state index contributed by atoms with van der Waals surface area (Å²) in [5.41, 5.74) is 2.02. The van der Waals surface area contributed by atoms with Crippen LogP contribution in [0.4, 0.5) is 0 Å². The molecule has 0 radical (unpaired) electrons. The number of halogens is 1. The van der Waals surface area contributed by atoms with Crippen molar-refractivity contribution >= 4 is 17.6 Å². The number of benzene rings is 2. The predicted octanol–water partition coefficient (Wildman–Crippen LogP) is 2.83. The van der Waals surface area contributed by atoms with Gasteiger partial charge in [-0.2, -0.15) is 0 Å². The third-order valence-corrected chi connectivity index (χ3v) is 4.42. The van der Waals surface area contributed by atoms with E-state index in [2.05, 4.69) is 5.32 Å². The molecule has 5 nitrogen and oxygen atoms in total. The second kappa shape index (κ2) is 8.23. The van der Waals surface area contributed by atoms with Crippen molar-refractivity contribution in [2.45, 2.75) is 25.9 Å². The van der Waals surface area contributed by atoms with Gasteiger partial charge in [0.15, 0.2) is 11.5 Å². The Kier molecular flexibility index (Phi) is 5.79. The average Bonchev–Trinajstić information content (AvgIpc) is 3.07. The van der Waals surface area contributed by atoms with Gasteiger partial charge >= 0.3 is 5.97 Å². The molecule has 0 aromatic heterocycles. The molecule has 2 aromatic rings. The fourth-order valence-electron chi connectivity index (χ4n) is 2.84. The highest BCUT2D eigenvalue weighted by Crippen LogP contribution is 2.32. The lowest BCUT2D eigenvalue weighted by Crippen LogP contribution is -2.84. The lowest BCUT2D eigenvalue weighted by molar-refractivity contribution is -0.710. The summed E-state index contributed by atoms with van der Waals surface area (Å²) in [4.78, 5) is 12.0. The van der Waals surface area contributed by atoms with Gasteiger partial charge in [-0.1, -0.05) is 29.8 Å². The fourth-order valence-corrected chi connectivity index (χ4v) is 3.12. The Labute approximate surface area is 151 Å². The minimum Gasteiger partial charge on any atom is -0.466 e. The number of carbonyl (C=O) groups excluding carboxylic acids is 1. The topological polar surface area (TPSA) is 61.4 Å². The Morgan fingerprint density at radius 3 is 2.84 bits per heavy atom. The molecule has 0 aliphatic carbocycles. The second-order valence-electron chi connectivity index (χ2n) is 5.76. The van der Waals surface area contributed by atoms with Crippen LogP contribution in [0.15, 0.2) is 42.5 Å². The van der Waals surface area contributed by atoms with Gasteiger partial charge in [0.05, 0.1) is 6.61 Å². The van der Waals surface area contributed by atoms with Gasteiger partial charge in [-0.3, -0.25) is 4.79 Å². The monoisotopic (exact) mass is 362 g/mol. The first kappa shape index (κ1) is 17.6. The van der Waals surface area contributed by atoms with Gasteiger partial charge < -0.3 is 19.5 Å². The van der Waals surface area contributed by atoms with Gasteiger partial charge in [-0.15, -0.1) is 0 Å². The van der Waals surface area contributed by atoms with E-state index >= 15 is 0 Å². The standard InChI is InChI=1S/C19H20ClNO4/c1-2-23-19(22)10-16(14-5-3-4-6-15(14)20)21-11-13-7-8-17-18(9-13)25-12-24-17/h3-9,16,21H,2,10-12H2,1H3/p+1/t16-/m0/s1. The molecule has 0 bridgehead atoms. The maximum Gasteiger partial charge on any atom is 0.312 e. The van der Waals surface area contributed by atoms with Crippen LogP contribution in [0.2, 0.25) is 5.02 Å². The molecule has 132 valence electrons. The average molecular weight is 363 g/mol. The van der Waals surface area contributed by atoms with Crippen molar-refractivity contribution in [1.29, 1.82) is 0 Å². The van der Waals surface area contributed by atoms with Crippen molar-refractivity contribution < 1.29 is 24.3 Å². The summed E-state index contributed by atoms with van der Waals surface area (Å²) in [7, 11) is 0. The lowest BCUT2D eigenvalue weighted by Gasteiger charge is -2.17. The van der Waals surface area contributed by atoms with E-state index in [0.29, 0.717) is 18.2 Å². The highest BCUT2D eigenvalue weighted by molar-refractivity contribution is 6.31. The zero-order valence-corrected chi connectivity index (χ0v) is 14.8. The van der Waals surface area contributed by atoms with Gasteiger partial charge in [0.1, 0.15) is 19.0 Å². The molecule has 0 unspecified atom stereocenters. The summed E-state index contributed by atoms with van der Waals surface area (Å²) in [5.74, 6) is 1.29. The molecule has 0 saturated heterocycles. The molecule has 25 heavy (non-hydrogen) atoms. The summed E-state index contributed by atoms with van der Waals surface area (Å²) in [6.45, 7) is 3.12. The summed E-state index contributed by atoms with van der Waals surface area (Å²) in [5, 5.41) is 2.74. The highest BCUT2D eigenvalue weighted by atomic mass is 35.5. The molecule has 1 atom stereocenters. The quantitative estimate of drug-likeness (QED) is 0.769. The van der Waals surface area contributed by atoms with Crippen LogP contribution in [0.3, 0.4) is 0 Å². The fraction of sp³-hybridized carbons (Fsp3) is 0.316. The van der Waals surface area contributed by atoms with Crippen molar-refractivity contribution in [2.24, 2.45) is 0 Å². The number of fused-ring (bicyclic) bond motifs is 1. The first-order valence-electron chi connectivity index (χ1n) is 8.29. The molecular weight excluding hydrogens is 342 g/mol. The zero-order valence-electron chi connectivity index (χ0n) is 14.0. The van der Waals surface area contributed by atoms with Crippen molar-refractivity contribution in [1.82, 2.24) is 0 Å². The first-order chi connectivity index (χ1) is 12.2. The maximum absolute atomic E-state index is 12.0. The Morgan fingerprint density at radius 1 is 1.24 bits per heavy atom. The van der Waals surface area contributed by atoms with Crippen LogP contribution >= 0.6 is 11.6 Å². The Balaban J connectivity index is 1.73. The summed E-state index contributed by atoms with van der Waals surface area (Å²) in [6.07, 6.45) is 0.266. The summed E-state index contributed by atoms with van der Waals surface area (Å²) in [6, 6.07) is 13.3. The molecule has 0 spiro atoms. The van der Waals surface area contributed by atoms with Crippen molar-refractivity contribution in [2.75, 3.05) is 13.4 Å². The molecule has 2 aromatic carbocycles. The Morgan fingerprint density at radius 2 is 2.04 bits per heavy atom. The number of rotatable bonds is 7. The van der Waals surface area contributed by atoms with E-state index in [4.69, 9.17) is 25.8 Å². The van der Waals surface area contributed by atoms with E-state index in [9.17, 15) is 4.79 Å². The normalized spacial score (nSPS) is 13.5. The van der Waals surface area contributed by atoms with E-state index in [-0.39, 0.29) is 25.2 Å². The Hall–Kier alpha value is -2.24. The Bertz CT molecular complexity index is 750. The first-order valence-corrected chi connectivity index (χ1v) is 8.67. The van der Waals surface area contributed by atoms with Gasteiger partial charge in [0.25, 0.3) is 0 Å². The number of ether oxygens (including phenoxy) is 3. The number of nitrogens with two attached hydrogens (primary N) is 1. The van der Waals surface area contributed by atoms with E-state index in [1.807, 2.05) is 42.5 Å². The lowest BCUT2D eigenvalue weighted by atomic mass is 10.0. The molecule has 3 rings (SSSR count). The smallest absolute Gasteiger partial charge is 0.312 e. The van der Waals surface area contributed by atoms with E-state index in [1.165, 1.54) is 0 Å². The predicted molar refractivity (Wildman–Crippen MR) is 93.6 cm³/mol. The van der Waals surface area contributed by atoms with Crippen LogP contribution < -0.4 is 14.8 Å². The van der Waals surface area contributed by atoms with Crippen LogP contribution in [0.1, 0.15) is 30.5 Å². The largest absolute Gasteiger partial charge is 0.466 e. The van der Waals surface area contributed by atoms with Gasteiger partial charge in [-0.05, 0) is 31.2 Å². The number of quaternary nitrogens is 1. The van der Waals surface area contributed by atoms with Crippen molar-refractivity contribution in [3.63, 3.8) is 0 Å². The van der Waals surface area contributed by atoms with Gasteiger partial charge in [0.2, 0.25) is 6.79 Å². The summed E-state index contributed by atoms with van der Waals surface area (Å²) >= 11 is 6.33. The third-order valence-electron chi connectivity index (χ3n) is 4.07. The van der Waals surface area contributed by atoms with Gasteiger partial charge in [0, 0.05) is 16.1 Å². The third kappa shape index (κ3) is 4.44. The molecular formula is C19H21ClNO4+.